The van der Waals surface area contributed by atoms with Crippen molar-refractivity contribution in [1.82, 2.24) is 14.8 Å². The summed E-state index contributed by atoms with van der Waals surface area (Å²) in [5, 5.41) is 5.53. The molecule has 0 saturated heterocycles. The summed E-state index contributed by atoms with van der Waals surface area (Å²) in [5.74, 6) is -3.41. The van der Waals surface area contributed by atoms with Gasteiger partial charge in [-0.2, -0.15) is 26.3 Å². The summed E-state index contributed by atoms with van der Waals surface area (Å²) in [7, 11) is 0. The van der Waals surface area contributed by atoms with E-state index in [1.807, 2.05) is 0 Å². The maximum absolute atomic E-state index is 12.7. The fourth-order valence-corrected chi connectivity index (χ4v) is 1.77. The quantitative estimate of drug-likeness (QED) is 0.779. The normalized spacial score (nSPS) is 12.7. The van der Waals surface area contributed by atoms with Crippen molar-refractivity contribution in [1.29, 1.82) is 0 Å². The minimum atomic E-state index is -5.04. The van der Waals surface area contributed by atoms with Crippen LogP contribution in [0.25, 0.3) is 0 Å². The molecule has 0 unspecified atom stereocenters. The average molecular weight is 330 g/mol. The van der Waals surface area contributed by atoms with Gasteiger partial charge in [-0.15, -0.1) is 10.2 Å². The number of hydrogen-bond donors (Lipinski definition) is 0. The van der Waals surface area contributed by atoms with Crippen molar-refractivity contribution in [3.05, 3.63) is 46.5 Å². The molecule has 0 spiro atoms. The van der Waals surface area contributed by atoms with Crippen molar-refractivity contribution in [2.45, 2.75) is 18.9 Å². The van der Waals surface area contributed by atoms with Crippen LogP contribution < -0.4 is 0 Å². The first-order valence-electron chi connectivity index (χ1n) is 5.41. The molecule has 3 nitrogen and oxygen atoms in total. The van der Waals surface area contributed by atoms with Gasteiger partial charge in [0, 0.05) is 5.02 Å². The standard InChI is InChI=1S/C11H6ClF6N3/c12-7-3-1-6(2-4-7)5-21-8(10(13,14)15)19-20-9(21)11(16,17)18/h1-4H,5H2. The Morgan fingerprint density at radius 1 is 0.857 bits per heavy atom. The molecule has 21 heavy (non-hydrogen) atoms. The molecule has 1 aromatic heterocycles. The van der Waals surface area contributed by atoms with Crippen LogP contribution in [0, 0.1) is 0 Å². The first-order valence-corrected chi connectivity index (χ1v) is 5.79. The van der Waals surface area contributed by atoms with E-state index in [0.717, 1.165) is 0 Å². The van der Waals surface area contributed by atoms with Crippen molar-refractivity contribution in [3.8, 4) is 0 Å². The van der Waals surface area contributed by atoms with Crippen molar-refractivity contribution in [2.24, 2.45) is 0 Å². The zero-order valence-electron chi connectivity index (χ0n) is 10.0. The molecule has 0 amide bonds. The fraction of sp³-hybridized carbons (Fsp3) is 0.273. The fourth-order valence-electron chi connectivity index (χ4n) is 1.64. The van der Waals surface area contributed by atoms with Crippen molar-refractivity contribution in [3.63, 3.8) is 0 Å². The van der Waals surface area contributed by atoms with E-state index in [4.69, 9.17) is 11.6 Å². The Bertz CT molecular complexity index is 597. The SMILES string of the molecule is FC(F)(F)c1nnc(C(F)(F)F)n1Cc1ccc(Cl)cc1. The molecule has 2 aromatic rings. The number of alkyl halides is 6. The summed E-state index contributed by atoms with van der Waals surface area (Å²) < 4.78 is 76.2. The lowest BCUT2D eigenvalue weighted by Gasteiger charge is -2.13. The van der Waals surface area contributed by atoms with Gasteiger partial charge in [0.25, 0.3) is 0 Å². The van der Waals surface area contributed by atoms with Crippen LogP contribution in [0.4, 0.5) is 26.3 Å². The molecule has 0 bridgehead atoms. The predicted molar refractivity (Wildman–Crippen MR) is 60.6 cm³/mol. The molecule has 0 radical (unpaired) electrons. The number of halogens is 7. The van der Waals surface area contributed by atoms with Crippen molar-refractivity contribution in [2.75, 3.05) is 0 Å². The number of nitrogens with zero attached hydrogens (tertiary/aromatic N) is 3. The molecule has 1 heterocycles. The van der Waals surface area contributed by atoms with Crippen LogP contribution in [0.2, 0.25) is 5.02 Å². The Labute approximate surface area is 119 Å². The number of benzene rings is 1. The van der Waals surface area contributed by atoms with Gasteiger partial charge in [0.05, 0.1) is 6.54 Å². The highest BCUT2D eigenvalue weighted by atomic mass is 35.5. The van der Waals surface area contributed by atoms with Gasteiger partial charge in [0.2, 0.25) is 11.6 Å². The topological polar surface area (TPSA) is 30.7 Å². The lowest BCUT2D eigenvalue weighted by Crippen LogP contribution is -2.21. The predicted octanol–water partition coefficient (Wildman–Crippen LogP) is 4.02. The lowest BCUT2D eigenvalue weighted by atomic mass is 10.2. The molecular formula is C11H6ClF6N3. The maximum atomic E-state index is 12.7. The number of hydrogen-bond acceptors (Lipinski definition) is 2. The third kappa shape index (κ3) is 3.46. The molecule has 0 aliphatic rings. The van der Waals surface area contributed by atoms with Crippen molar-refractivity contribution < 1.29 is 26.3 Å². The minimum Gasteiger partial charge on any atom is -0.295 e. The van der Waals surface area contributed by atoms with Gasteiger partial charge in [-0.25, -0.2) is 0 Å². The molecule has 0 aliphatic heterocycles. The molecule has 1 aromatic carbocycles. The molecule has 0 N–H and O–H groups in total. The van der Waals surface area contributed by atoms with E-state index in [1.165, 1.54) is 24.3 Å². The number of rotatable bonds is 2. The first-order chi connectivity index (χ1) is 9.59. The van der Waals surface area contributed by atoms with E-state index in [9.17, 15) is 26.3 Å². The summed E-state index contributed by atoms with van der Waals surface area (Å²) >= 11 is 5.61. The molecule has 0 saturated carbocycles. The second kappa shape index (κ2) is 5.21. The highest BCUT2D eigenvalue weighted by molar-refractivity contribution is 6.30. The Morgan fingerprint density at radius 3 is 1.67 bits per heavy atom. The molecule has 0 fully saturated rings. The first kappa shape index (κ1) is 15.6. The monoisotopic (exact) mass is 329 g/mol. The molecular weight excluding hydrogens is 324 g/mol. The van der Waals surface area contributed by atoms with Crippen LogP contribution in [0.15, 0.2) is 24.3 Å². The van der Waals surface area contributed by atoms with Gasteiger partial charge < -0.3 is 0 Å². The number of aromatic nitrogens is 3. The zero-order valence-corrected chi connectivity index (χ0v) is 10.8. The van der Waals surface area contributed by atoms with E-state index in [2.05, 4.69) is 10.2 Å². The van der Waals surface area contributed by atoms with Gasteiger partial charge in [-0.3, -0.25) is 4.57 Å². The van der Waals surface area contributed by atoms with E-state index < -0.39 is 30.5 Å². The zero-order chi connectivity index (χ0) is 15.8. The van der Waals surface area contributed by atoms with Gasteiger partial charge in [-0.05, 0) is 17.7 Å². The summed E-state index contributed by atoms with van der Waals surface area (Å²) in [4.78, 5) is 0. The van der Waals surface area contributed by atoms with Crippen molar-refractivity contribution >= 4 is 11.6 Å². The molecule has 10 heteroatoms. The minimum absolute atomic E-state index is 0.0107. The van der Waals surface area contributed by atoms with E-state index in [1.54, 1.807) is 0 Å². The Balaban J connectivity index is 2.49. The van der Waals surface area contributed by atoms with Crippen LogP contribution in [0.5, 0.6) is 0 Å². The van der Waals surface area contributed by atoms with Crippen LogP contribution in [-0.2, 0) is 18.9 Å². The highest BCUT2D eigenvalue weighted by Gasteiger charge is 2.45. The highest BCUT2D eigenvalue weighted by Crippen LogP contribution is 2.34. The van der Waals surface area contributed by atoms with Crippen LogP contribution in [-0.4, -0.2) is 14.8 Å². The summed E-state index contributed by atoms with van der Waals surface area (Å²) in [6.45, 7) is -0.673. The summed E-state index contributed by atoms with van der Waals surface area (Å²) in [5.41, 5.74) is 0.204. The van der Waals surface area contributed by atoms with E-state index >= 15 is 0 Å². The lowest BCUT2D eigenvalue weighted by molar-refractivity contribution is -0.155. The largest absolute Gasteiger partial charge is 0.451 e. The molecule has 2 rings (SSSR count). The molecule has 0 aliphatic carbocycles. The Morgan fingerprint density at radius 2 is 1.29 bits per heavy atom. The summed E-state index contributed by atoms with van der Waals surface area (Å²) in [6.07, 6.45) is -10.1. The summed E-state index contributed by atoms with van der Waals surface area (Å²) in [6, 6.07) is 5.37. The third-order valence-electron chi connectivity index (χ3n) is 2.51. The van der Waals surface area contributed by atoms with Crippen LogP contribution in [0.3, 0.4) is 0 Å². The molecule has 0 atom stereocenters. The van der Waals surface area contributed by atoms with Crippen LogP contribution >= 0.6 is 11.6 Å². The van der Waals surface area contributed by atoms with Gasteiger partial charge in [0.1, 0.15) is 0 Å². The second-order valence-corrected chi connectivity index (χ2v) is 4.49. The maximum Gasteiger partial charge on any atom is 0.451 e. The van der Waals surface area contributed by atoms with E-state index in [0.29, 0.717) is 5.02 Å². The average Bonchev–Trinajstić information content (AvgIpc) is 2.75. The molecule has 114 valence electrons. The Kier molecular flexibility index (Phi) is 3.87. The van der Waals surface area contributed by atoms with Gasteiger partial charge in [-0.1, -0.05) is 23.7 Å². The van der Waals surface area contributed by atoms with Gasteiger partial charge >= 0.3 is 12.4 Å². The third-order valence-corrected chi connectivity index (χ3v) is 2.76. The second-order valence-electron chi connectivity index (χ2n) is 4.06. The van der Waals surface area contributed by atoms with Crippen LogP contribution in [0.1, 0.15) is 17.2 Å². The smallest absolute Gasteiger partial charge is 0.295 e. The Hall–Kier alpha value is -1.77. The van der Waals surface area contributed by atoms with E-state index in [-0.39, 0.29) is 10.1 Å². The van der Waals surface area contributed by atoms with Gasteiger partial charge in [0.15, 0.2) is 0 Å².